The summed E-state index contributed by atoms with van der Waals surface area (Å²) in [6, 6.07) is 4.44. The summed E-state index contributed by atoms with van der Waals surface area (Å²) < 4.78 is 19.0. The number of carbonyl (C=O) groups excluding carboxylic acids is 1. The fourth-order valence-electron chi connectivity index (χ4n) is 2.72. The minimum Gasteiger partial charge on any atom is -0.497 e. The number of methoxy groups -OCH3 is 1. The minimum atomic E-state index is -0.497. The van der Waals surface area contributed by atoms with Gasteiger partial charge in [-0.05, 0) is 37.9 Å². The molecule has 0 bridgehead atoms. The summed E-state index contributed by atoms with van der Waals surface area (Å²) in [5.41, 5.74) is -0.292. The Morgan fingerprint density at radius 1 is 1.53 bits per heavy atom. The van der Waals surface area contributed by atoms with E-state index in [1.807, 2.05) is 6.92 Å². The normalized spacial score (nSPS) is 23.1. The molecule has 1 atom stereocenters. The number of halogens is 1. The largest absolute Gasteiger partial charge is 0.497 e. The van der Waals surface area contributed by atoms with Crippen molar-refractivity contribution in [1.29, 1.82) is 0 Å². The van der Waals surface area contributed by atoms with Gasteiger partial charge in [0.25, 0.3) is 0 Å². The van der Waals surface area contributed by atoms with Crippen LogP contribution in [-0.2, 0) is 0 Å². The molecule has 2 rings (SSSR count). The number of carbonyl (C=O) groups is 1. The second-order valence-electron chi connectivity index (χ2n) is 5.09. The molecule has 0 saturated carbocycles. The number of rotatable bonds is 4. The van der Waals surface area contributed by atoms with Crippen molar-refractivity contribution >= 4 is 5.78 Å². The Morgan fingerprint density at radius 2 is 2.32 bits per heavy atom. The lowest BCUT2D eigenvalue weighted by molar-refractivity contribution is 0.0726. The Balaban J connectivity index is 2.32. The zero-order valence-electron chi connectivity index (χ0n) is 11.5. The highest BCUT2D eigenvalue weighted by atomic mass is 19.1. The van der Waals surface area contributed by atoms with E-state index in [0.29, 0.717) is 12.3 Å². The molecule has 1 fully saturated rings. The van der Waals surface area contributed by atoms with Gasteiger partial charge in [0.15, 0.2) is 5.78 Å². The molecule has 1 aliphatic rings. The van der Waals surface area contributed by atoms with Crippen LogP contribution in [0.1, 0.15) is 36.5 Å². The number of hydrogen-bond donors (Lipinski definition) is 1. The number of ketones is 1. The quantitative estimate of drug-likeness (QED) is 0.851. The summed E-state index contributed by atoms with van der Waals surface area (Å²) in [5.74, 6) is -0.161. The summed E-state index contributed by atoms with van der Waals surface area (Å²) in [6.45, 7) is 3.56. The molecule has 0 radical (unpaired) electrons. The molecule has 1 aliphatic heterocycles. The maximum absolute atomic E-state index is 14.0. The van der Waals surface area contributed by atoms with Gasteiger partial charge in [0.2, 0.25) is 0 Å². The predicted molar refractivity (Wildman–Crippen MR) is 72.1 cm³/mol. The van der Waals surface area contributed by atoms with Gasteiger partial charge in [-0.3, -0.25) is 4.79 Å². The first kappa shape index (κ1) is 14.0. The number of piperidine rings is 1. The van der Waals surface area contributed by atoms with E-state index in [0.717, 1.165) is 25.8 Å². The van der Waals surface area contributed by atoms with E-state index in [1.165, 1.54) is 19.2 Å². The van der Waals surface area contributed by atoms with E-state index >= 15 is 0 Å². The molecule has 1 aromatic rings. The van der Waals surface area contributed by atoms with Crippen molar-refractivity contribution in [2.75, 3.05) is 20.2 Å². The highest BCUT2D eigenvalue weighted by Crippen LogP contribution is 2.35. The molecule has 1 aromatic carbocycles. The van der Waals surface area contributed by atoms with Crippen molar-refractivity contribution in [2.24, 2.45) is 5.41 Å². The highest BCUT2D eigenvalue weighted by molar-refractivity contribution is 6.01. The van der Waals surface area contributed by atoms with Gasteiger partial charge < -0.3 is 10.1 Å². The Bertz CT molecular complexity index is 467. The lowest BCUT2D eigenvalue weighted by Crippen LogP contribution is -2.45. The zero-order chi connectivity index (χ0) is 13.9. The average molecular weight is 265 g/mol. The van der Waals surface area contributed by atoms with Crippen LogP contribution in [0.3, 0.4) is 0 Å². The Labute approximate surface area is 113 Å². The van der Waals surface area contributed by atoms with Crippen LogP contribution in [0, 0.1) is 11.2 Å². The van der Waals surface area contributed by atoms with Gasteiger partial charge in [-0.25, -0.2) is 4.39 Å². The van der Waals surface area contributed by atoms with Gasteiger partial charge in [0.05, 0.1) is 12.7 Å². The average Bonchev–Trinajstić information content (AvgIpc) is 2.47. The number of ether oxygens (including phenoxy) is 1. The minimum absolute atomic E-state index is 0.0950. The molecule has 1 heterocycles. The SMILES string of the molecule is CCC1(C(=O)c2ccc(OC)cc2F)CCCNC1. The van der Waals surface area contributed by atoms with Gasteiger partial charge in [-0.1, -0.05) is 6.92 Å². The first-order valence-electron chi connectivity index (χ1n) is 6.72. The molecule has 4 heteroatoms. The van der Waals surface area contributed by atoms with Gasteiger partial charge in [-0.15, -0.1) is 0 Å². The second-order valence-corrected chi connectivity index (χ2v) is 5.09. The molecule has 19 heavy (non-hydrogen) atoms. The molecule has 1 unspecified atom stereocenters. The first-order chi connectivity index (χ1) is 9.13. The Hall–Kier alpha value is -1.42. The third-order valence-electron chi connectivity index (χ3n) is 4.05. The Morgan fingerprint density at radius 3 is 2.84 bits per heavy atom. The third kappa shape index (κ3) is 2.63. The fraction of sp³-hybridized carbons (Fsp3) is 0.533. The molecule has 104 valence electrons. The van der Waals surface area contributed by atoms with Crippen LogP contribution in [-0.4, -0.2) is 26.0 Å². The summed E-state index contributed by atoms with van der Waals surface area (Å²) in [4.78, 5) is 12.7. The van der Waals surface area contributed by atoms with Crippen LogP contribution in [0.5, 0.6) is 5.75 Å². The van der Waals surface area contributed by atoms with E-state index in [2.05, 4.69) is 5.32 Å². The van der Waals surface area contributed by atoms with E-state index < -0.39 is 11.2 Å². The highest BCUT2D eigenvalue weighted by Gasteiger charge is 2.39. The van der Waals surface area contributed by atoms with Crippen molar-refractivity contribution < 1.29 is 13.9 Å². The molecular formula is C15H20FNO2. The monoisotopic (exact) mass is 265 g/mol. The summed E-state index contributed by atoms with van der Waals surface area (Å²) in [5, 5.41) is 3.25. The first-order valence-corrected chi connectivity index (χ1v) is 6.72. The van der Waals surface area contributed by atoms with Crippen molar-refractivity contribution in [3.8, 4) is 5.75 Å². The maximum Gasteiger partial charge on any atom is 0.173 e. The van der Waals surface area contributed by atoms with Crippen LogP contribution in [0.25, 0.3) is 0 Å². The lowest BCUT2D eigenvalue weighted by atomic mass is 9.72. The molecule has 0 spiro atoms. The van der Waals surface area contributed by atoms with Crippen molar-refractivity contribution in [3.63, 3.8) is 0 Å². The maximum atomic E-state index is 14.0. The van der Waals surface area contributed by atoms with Gasteiger partial charge >= 0.3 is 0 Å². The summed E-state index contributed by atoms with van der Waals surface area (Å²) >= 11 is 0. The van der Waals surface area contributed by atoms with Gasteiger partial charge in [-0.2, -0.15) is 0 Å². The molecule has 0 aliphatic carbocycles. The molecule has 0 aromatic heterocycles. The van der Waals surface area contributed by atoms with Crippen molar-refractivity contribution in [1.82, 2.24) is 5.32 Å². The molecule has 1 saturated heterocycles. The number of Topliss-reactive ketones (excluding diaryl/α,β-unsaturated/α-hetero) is 1. The number of benzene rings is 1. The van der Waals surface area contributed by atoms with E-state index in [9.17, 15) is 9.18 Å². The van der Waals surface area contributed by atoms with E-state index in [1.54, 1.807) is 6.07 Å². The molecule has 1 N–H and O–H groups in total. The van der Waals surface area contributed by atoms with Crippen LogP contribution in [0.4, 0.5) is 4.39 Å². The van der Waals surface area contributed by atoms with Crippen LogP contribution < -0.4 is 10.1 Å². The lowest BCUT2D eigenvalue weighted by Gasteiger charge is -2.35. The van der Waals surface area contributed by atoms with Crippen LogP contribution in [0.15, 0.2) is 18.2 Å². The topological polar surface area (TPSA) is 38.3 Å². The zero-order valence-corrected chi connectivity index (χ0v) is 11.5. The third-order valence-corrected chi connectivity index (χ3v) is 4.05. The fourth-order valence-corrected chi connectivity index (χ4v) is 2.72. The van der Waals surface area contributed by atoms with Gasteiger partial charge in [0.1, 0.15) is 11.6 Å². The molecule has 0 amide bonds. The van der Waals surface area contributed by atoms with Gasteiger partial charge in [0, 0.05) is 18.0 Å². The predicted octanol–water partition coefficient (Wildman–Crippen LogP) is 2.80. The van der Waals surface area contributed by atoms with Crippen LogP contribution >= 0.6 is 0 Å². The van der Waals surface area contributed by atoms with E-state index in [-0.39, 0.29) is 11.3 Å². The standard InChI is InChI=1S/C15H20FNO2/c1-3-15(7-4-8-17-10-15)14(18)12-6-5-11(19-2)9-13(12)16/h5-6,9,17H,3-4,7-8,10H2,1-2H3. The van der Waals surface area contributed by atoms with Crippen molar-refractivity contribution in [3.05, 3.63) is 29.6 Å². The van der Waals surface area contributed by atoms with Crippen molar-refractivity contribution in [2.45, 2.75) is 26.2 Å². The number of hydrogen-bond acceptors (Lipinski definition) is 3. The van der Waals surface area contributed by atoms with Crippen LogP contribution in [0.2, 0.25) is 0 Å². The number of nitrogens with one attached hydrogen (secondary N) is 1. The summed E-state index contributed by atoms with van der Waals surface area (Å²) in [7, 11) is 1.48. The Kier molecular flexibility index (Phi) is 4.20. The van der Waals surface area contributed by atoms with E-state index in [4.69, 9.17) is 4.74 Å². The molecule has 3 nitrogen and oxygen atoms in total. The molecular weight excluding hydrogens is 245 g/mol. The summed E-state index contributed by atoms with van der Waals surface area (Å²) in [6.07, 6.45) is 2.50. The smallest absolute Gasteiger partial charge is 0.173 e. The second kappa shape index (κ2) is 5.70.